The fourth-order valence-corrected chi connectivity index (χ4v) is 3.32. The van der Waals surface area contributed by atoms with Gasteiger partial charge in [-0.25, -0.2) is 8.42 Å². The van der Waals surface area contributed by atoms with E-state index in [9.17, 15) is 13.5 Å². The molecule has 0 saturated heterocycles. The molecule has 0 bridgehead atoms. The van der Waals surface area contributed by atoms with Crippen LogP contribution in [0, 0.1) is 13.8 Å². The number of hydrogen-bond donors (Lipinski definition) is 2. The van der Waals surface area contributed by atoms with Crippen molar-refractivity contribution in [3.8, 4) is 0 Å². The first-order valence-corrected chi connectivity index (χ1v) is 7.54. The normalized spacial score (nSPS) is 11.6. The summed E-state index contributed by atoms with van der Waals surface area (Å²) in [6, 6.07) is 3.26. The lowest BCUT2D eigenvalue weighted by molar-refractivity contribution is 0.280. The van der Waals surface area contributed by atoms with Crippen LogP contribution in [0.5, 0.6) is 0 Å². The lowest BCUT2D eigenvalue weighted by Gasteiger charge is -2.12. The topological polar surface area (TPSA) is 84.2 Å². The fraction of sp³-hybridized carbons (Fsp3) is 0.308. The van der Waals surface area contributed by atoms with Crippen LogP contribution in [0.25, 0.3) is 0 Å². The summed E-state index contributed by atoms with van der Waals surface area (Å²) in [5.74, 6) is 0. The molecular weight excluding hydrogens is 278 g/mol. The molecule has 0 fully saturated rings. The maximum Gasteiger partial charge on any atom is 0.262 e. The van der Waals surface area contributed by atoms with E-state index in [2.05, 4.69) is 9.82 Å². The predicted molar refractivity (Wildman–Crippen MR) is 75.9 cm³/mol. The molecule has 1 aromatic carbocycles. The Morgan fingerprint density at radius 3 is 2.55 bits per heavy atom. The van der Waals surface area contributed by atoms with Crippen molar-refractivity contribution in [1.29, 1.82) is 0 Å². The second-order valence-electron chi connectivity index (χ2n) is 4.71. The molecule has 7 heteroatoms. The van der Waals surface area contributed by atoms with Gasteiger partial charge in [-0.15, -0.1) is 0 Å². The Bertz CT molecular complexity index is 735. The van der Waals surface area contributed by atoms with Gasteiger partial charge in [-0.3, -0.25) is 9.40 Å². The number of aromatic nitrogens is 2. The summed E-state index contributed by atoms with van der Waals surface area (Å²) in [6.07, 6.45) is 3.02. The van der Waals surface area contributed by atoms with Gasteiger partial charge in [0.15, 0.2) is 0 Å². The van der Waals surface area contributed by atoms with Crippen molar-refractivity contribution in [2.45, 2.75) is 25.3 Å². The van der Waals surface area contributed by atoms with Crippen LogP contribution in [0.4, 0.5) is 5.69 Å². The van der Waals surface area contributed by atoms with Crippen LogP contribution in [0.2, 0.25) is 0 Å². The van der Waals surface area contributed by atoms with Gasteiger partial charge in [0, 0.05) is 13.2 Å². The quantitative estimate of drug-likeness (QED) is 0.891. The Balaban J connectivity index is 2.43. The molecule has 0 radical (unpaired) electrons. The van der Waals surface area contributed by atoms with Crippen molar-refractivity contribution in [3.05, 3.63) is 41.2 Å². The van der Waals surface area contributed by atoms with Crippen LogP contribution in [0.3, 0.4) is 0 Å². The second kappa shape index (κ2) is 5.26. The van der Waals surface area contributed by atoms with Gasteiger partial charge in [-0.2, -0.15) is 5.10 Å². The minimum atomic E-state index is -3.69. The molecule has 108 valence electrons. The van der Waals surface area contributed by atoms with E-state index in [1.54, 1.807) is 26.2 Å². The van der Waals surface area contributed by atoms with Crippen LogP contribution in [-0.4, -0.2) is 23.3 Å². The Kier molecular flexibility index (Phi) is 3.82. The van der Waals surface area contributed by atoms with Crippen molar-refractivity contribution in [3.63, 3.8) is 0 Å². The molecule has 0 spiro atoms. The van der Waals surface area contributed by atoms with Crippen molar-refractivity contribution < 1.29 is 13.5 Å². The highest BCUT2D eigenvalue weighted by atomic mass is 32.2. The number of anilines is 1. The van der Waals surface area contributed by atoms with Gasteiger partial charge in [0.05, 0.1) is 23.4 Å². The molecule has 6 nitrogen and oxygen atoms in total. The first-order chi connectivity index (χ1) is 9.33. The fourth-order valence-electron chi connectivity index (χ4n) is 2.02. The third-order valence-electron chi connectivity index (χ3n) is 3.05. The summed E-state index contributed by atoms with van der Waals surface area (Å²) < 4.78 is 28.7. The summed E-state index contributed by atoms with van der Waals surface area (Å²) in [7, 11) is -1.99. The molecular formula is C13H17N3O3S. The monoisotopic (exact) mass is 295 g/mol. The van der Waals surface area contributed by atoms with E-state index in [-0.39, 0.29) is 11.5 Å². The van der Waals surface area contributed by atoms with Crippen molar-refractivity contribution >= 4 is 15.7 Å². The molecule has 0 aliphatic rings. The number of sulfonamides is 1. The summed E-state index contributed by atoms with van der Waals surface area (Å²) in [5.41, 5.74) is 2.50. The number of benzene rings is 1. The summed E-state index contributed by atoms with van der Waals surface area (Å²) in [6.45, 7) is 3.37. The van der Waals surface area contributed by atoms with E-state index in [0.29, 0.717) is 16.8 Å². The number of nitrogens with zero attached hydrogens (tertiary/aromatic N) is 2. The number of aliphatic hydroxyl groups is 1. The molecule has 0 saturated carbocycles. The number of aryl methyl sites for hydroxylation is 3. The molecule has 2 aromatic rings. The van der Waals surface area contributed by atoms with Gasteiger partial charge < -0.3 is 5.11 Å². The smallest absolute Gasteiger partial charge is 0.262 e. The number of rotatable bonds is 4. The second-order valence-corrected chi connectivity index (χ2v) is 6.36. The van der Waals surface area contributed by atoms with Gasteiger partial charge in [0.2, 0.25) is 0 Å². The van der Waals surface area contributed by atoms with Gasteiger partial charge in [0.1, 0.15) is 0 Å². The van der Waals surface area contributed by atoms with Crippen LogP contribution < -0.4 is 4.72 Å². The summed E-state index contributed by atoms with van der Waals surface area (Å²) in [5, 5.41) is 13.2. The minimum Gasteiger partial charge on any atom is -0.392 e. The number of aliphatic hydroxyl groups excluding tert-OH is 1. The average molecular weight is 295 g/mol. The average Bonchev–Trinajstić information content (AvgIpc) is 2.73. The van der Waals surface area contributed by atoms with Crippen molar-refractivity contribution in [2.75, 3.05) is 4.72 Å². The summed E-state index contributed by atoms with van der Waals surface area (Å²) in [4.78, 5) is 0.163. The Hall–Kier alpha value is -1.86. The Morgan fingerprint density at radius 1 is 1.30 bits per heavy atom. The van der Waals surface area contributed by atoms with Crippen molar-refractivity contribution in [2.24, 2.45) is 7.05 Å². The van der Waals surface area contributed by atoms with E-state index < -0.39 is 10.0 Å². The van der Waals surface area contributed by atoms with Gasteiger partial charge >= 0.3 is 0 Å². The molecule has 0 aliphatic carbocycles. The van der Waals surface area contributed by atoms with Gasteiger partial charge in [-0.05, 0) is 36.6 Å². The molecule has 2 rings (SSSR count). The largest absolute Gasteiger partial charge is 0.392 e. The third kappa shape index (κ3) is 2.83. The van der Waals surface area contributed by atoms with Gasteiger partial charge in [0.25, 0.3) is 10.0 Å². The van der Waals surface area contributed by atoms with Gasteiger partial charge in [-0.1, -0.05) is 6.07 Å². The molecule has 0 aliphatic heterocycles. The zero-order valence-electron chi connectivity index (χ0n) is 11.6. The van der Waals surface area contributed by atoms with E-state index >= 15 is 0 Å². The van der Waals surface area contributed by atoms with E-state index in [1.165, 1.54) is 16.9 Å². The first-order valence-electron chi connectivity index (χ1n) is 6.06. The Morgan fingerprint density at radius 2 is 2.00 bits per heavy atom. The number of hydrogen-bond acceptors (Lipinski definition) is 4. The van der Waals surface area contributed by atoms with E-state index in [0.717, 1.165) is 5.56 Å². The molecule has 1 aromatic heterocycles. The predicted octanol–water partition coefficient (Wildman–Crippen LogP) is 1.33. The molecule has 2 N–H and O–H groups in total. The maximum absolute atomic E-state index is 12.4. The molecule has 0 atom stereocenters. The van der Waals surface area contributed by atoms with E-state index in [1.807, 2.05) is 6.92 Å². The standard InChI is InChI=1S/C13H17N3O3S/c1-9-4-10(2)13(5-11(9)8-17)20(18,19)15-12-6-14-16(3)7-12/h4-7,15,17H,8H2,1-3H3. The molecule has 20 heavy (non-hydrogen) atoms. The Labute approximate surface area is 118 Å². The third-order valence-corrected chi connectivity index (χ3v) is 4.57. The van der Waals surface area contributed by atoms with Crippen LogP contribution in [0.1, 0.15) is 16.7 Å². The zero-order valence-corrected chi connectivity index (χ0v) is 12.4. The number of nitrogens with one attached hydrogen (secondary N) is 1. The highest BCUT2D eigenvalue weighted by Gasteiger charge is 2.19. The molecule has 1 heterocycles. The van der Waals surface area contributed by atoms with E-state index in [4.69, 9.17) is 0 Å². The highest BCUT2D eigenvalue weighted by molar-refractivity contribution is 7.92. The lowest BCUT2D eigenvalue weighted by atomic mass is 10.1. The molecule has 0 amide bonds. The molecule has 0 unspecified atom stereocenters. The highest BCUT2D eigenvalue weighted by Crippen LogP contribution is 2.23. The first kappa shape index (κ1) is 14.5. The SMILES string of the molecule is Cc1cc(C)c(S(=O)(=O)Nc2cnn(C)c2)cc1CO. The van der Waals surface area contributed by atoms with Crippen molar-refractivity contribution in [1.82, 2.24) is 9.78 Å². The van der Waals surface area contributed by atoms with Crippen LogP contribution in [0.15, 0.2) is 29.4 Å². The summed E-state index contributed by atoms with van der Waals surface area (Å²) >= 11 is 0. The van der Waals surface area contributed by atoms with Crippen LogP contribution in [-0.2, 0) is 23.7 Å². The maximum atomic E-state index is 12.4. The van der Waals surface area contributed by atoms with Crippen LogP contribution >= 0.6 is 0 Å². The lowest BCUT2D eigenvalue weighted by Crippen LogP contribution is -2.14. The minimum absolute atomic E-state index is 0.163. The zero-order chi connectivity index (χ0) is 14.9.